The fourth-order valence-electron chi connectivity index (χ4n) is 2.11. The minimum Gasteiger partial charge on any atom is -0.356 e. The molecule has 0 spiro atoms. The van der Waals surface area contributed by atoms with Crippen LogP contribution in [0.25, 0.3) is 0 Å². The minimum atomic E-state index is 0.157. The molecule has 2 rings (SSSR count). The van der Waals surface area contributed by atoms with Crippen molar-refractivity contribution in [2.75, 3.05) is 12.3 Å². The highest BCUT2D eigenvalue weighted by Gasteiger charge is 2.01. The van der Waals surface area contributed by atoms with Crippen LogP contribution in [0, 0.1) is 0 Å². The van der Waals surface area contributed by atoms with Crippen LogP contribution in [0.2, 0.25) is 0 Å². The Balaban J connectivity index is 1.49. The number of carbonyl (C=O) groups is 1. The molecule has 0 saturated heterocycles. The third-order valence-corrected chi connectivity index (χ3v) is 4.37. The summed E-state index contributed by atoms with van der Waals surface area (Å²) >= 11 is 1.80. The topological polar surface area (TPSA) is 42.0 Å². The smallest absolute Gasteiger partial charge is 0.220 e. The fraction of sp³-hybridized carbons (Fsp3) is 0.333. The maximum absolute atomic E-state index is 11.7. The number of benzene rings is 1. The van der Waals surface area contributed by atoms with E-state index in [2.05, 4.69) is 22.4 Å². The number of nitrogens with zero attached hydrogens (tertiary/aromatic N) is 1. The molecule has 4 heteroatoms. The van der Waals surface area contributed by atoms with Gasteiger partial charge in [-0.1, -0.05) is 30.3 Å². The monoisotopic (exact) mass is 314 g/mol. The zero-order chi connectivity index (χ0) is 15.5. The van der Waals surface area contributed by atoms with Crippen molar-refractivity contribution in [1.82, 2.24) is 10.3 Å². The van der Waals surface area contributed by atoms with Gasteiger partial charge in [0.2, 0.25) is 5.91 Å². The molecule has 0 atom stereocenters. The van der Waals surface area contributed by atoms with Crippen LogP contribution in [0.3, 0.4) is 0 Å². The van der Waals surface area contributed by atoms with Crippen molar-refractivity contribution in [3.05, 3.63) is 60.4 Å². The zero-order valence-corrected chi connectivity index (χ0v) is 13.5. The lowest BCUT2D eigenvalue weighted by molar-refractivity contribution is -0.121. The second-order valence-corrected chi connectivity index (χ2v) is 6.24. The van der Waals surface area contributed by atoms with Crippen molar-refractivity contribution in [2.24, 2.45) is 0 Å². The summed E-state index contributed by atoms with van der Waals surface area (Å²) in [5.41, 5.74) is 1.30. The minimum absolute atomic E-state index is 0.157. The summed E-state index contributed by atoms with van der Waals surface area (Å²) in [5.74, 6) is 1.17. The first-order valence-electron chi connectivity index (χ1n) is 7.68. The number of hydrogen-bond acceptors (Lipinski definition) is 3. The van der Waals surface area contributed by atoms with Gasteiger partial charge in [-0.05, 0) is 42.7 Å². The summed E-state index contributed by atoms with van der Waals surface area (Å²) in [7, 11) is 0. The van der Waals surface area contributed by atoms with Crippen molar-refractivity contribution in [3.8, 4) is 0 Å². The predicted molar refractivity (Wildman–Crippen MR) is 92.0 cm³/mol. The molecular formula is C18H22N2OS. The second kappa shape index (κ2) is 10.0. The van der Waals surface area contributed by atoms with E-state index < -0.39 is 0 Å². The lowest BCUT2D eigenvalue weighted by atomic mass is 10.1. The lowest BCUT2D eigenvalue weighted by Crippen LogP contribution is -2.24. The molecule has 3 nitrogen and oxygen atoms in total. The highest BCUT2D eigenvalue weighted by atomic mass is 32.2. The van der Waals surface area contributed by atoms with Gasteiger partial charge >= 0.3 is 0 Å². The van der Waals surface area contributed by atoms with E-state index in [-0.39, 0.29) is 5.91 Å². The van der Waals surface area contributed by atoms with Gasteiger partial charge in [0, 0.05) is 30.3 Å². The molecule has 0 saturated carbocycles. The summed E-state index contributed by atoms with van der Waals surface area (Å²) < 4.78 is 0. The van der Waals surface area contributed by atoms with Gasteiger partial charge in [-0.3, -0.25) is 9.78 Å². The number of rotatable bonds is 9. The third-order valence-electron chi connectivity index (χ3n) is 3.27. The first kappa shape index (κ1) is 16.6. The van der Waals surface area contributed by atoms with Gasteiger partial charge in [0.15, 0.2) is 0 Å². The average Bonchev–Trinajstić information content (AvgIpc) is 2.56. The lowest BCUT2D eigenvalue weighted by Gasteiger charge is -2.05. The van der Waals surface area contributed by atoms with E-state index in [1.54, 1.807) is 24.2 Å². The van der Waals surface area contributed by atoms with Gasteiger partial charge in [-0.2, -0.15) is 0 Å². The Morgan fingerprint density at radius 2 is 1.82 bits per heavy atom. The van der Waals surface area contributed by atoms with Gasteiger partial charge in [0.05, 0.1) is 0 Å². The summed E-state index contributed by atoms with van der Waals surface area (Å²) in [5, 5.41) is 2.99. The van der Waals surface area contributed by atoms with Gasteiger partial charge in [-0.25, -0.2) is 0 Å². The van der Waals surface area contributed by atoms with E-state index >= 15 is 0 Å². The molecule has 0 bridgehead atoms. The molecule has 22 heavy (non-hydrogen) atoms. The number of thioether (sulfide) groups is 1. The van der Waals surface area contributed by atoms with E-state index in [4.69, 9.17) is 0 Å². The average molecular weight is 314 g/mol. The van der Waals surface area contributed by atoms with Crippen LogP contribution in [0.5, 0.6) is 0 Å². The Kier molecular flexibility index (Phi) is 7.53. The summed E-state index contributed by atoms with van der Waals surface area (Å²) in [4.78, 5) is 17.0. The summed E-state index contributed by atoms with van der Waals surface area (Å²) in [6, 6.07) is 14.3. The van der Waals surface area contributed by atoms with Crippen LogP contribution in [0.4, 0.5) is 0 Å². The highest BCUT2D eigenvalue weighted by Crippen LogP contribution is 2.16. The van der Waals surface area contributed by atoms with Crippen molar-refractivity contribution in [1.29, 1.82) is 0 Å². The number of aromatic nitrogens is 1. The van der Waals surface area contributed by atoms with E-state index in [0.717, 1.165) is 31.6 Å². The Morgan fingerprint density at radius 3 is 2.59 bits per heavy atom. The van der Waals surface area contributed by atoms with Crippen molar-refractivity contribution in [3.63, 3.8) is 0 Å². The molecule has 0 unspecified atom stereocenters. The van der Waals surface area contributed by atoms with Crippen molar-refractivity contribution < 1.29 is 4.79 Å². The molecule has 0 aliphatic heterocycles. The van der Waals surface area contributed by atoms with E-state index in [1.807, 2.05) is 30.3 Å². The van der Waals surface area contributed by atoms with Gasteiger partial charge in [-0.15, -0.1) is 11.8 Å². The maximum atomic E-state index is 11.7. The van der Waals surface area contributed by atoms with E-state index in [0.29, 0.717) is 6.42 Å². The van der Waals surface area contributed by atoms with Crippen LogP contribution in [0.1, 0.15) is 24.8 Å². The predicted octanol–water partition coefficient (Wildman–Crippen LogP) is 3.70. The van der Waals surface area contributed by atoms with Crippen molar-refractivity contribution >= 4 is 17.7 Å². The fourth-order valence-corrected chi connectivity index (χ4v) is 2.95. The van der Waals surface area contributed by atoms with Gasteiger partial charge in [0.25, 0.3) is 0 Å². The Labute approximate surface area is 136 Å². The molecule has 0 aliphatic carbocycles. The first-order valence-corrected chi connectivity index (χ1v) is 8.66. The van der Waals surface area contributed by atoms with E-state index in [1.165, 1.54) is 10.5 Å². The molecule has 2 aromatic rings. The molecule has 1 aromatic carbocycles. The van der Waals surface area contributed by atoms with Gasteiger partial charge < -0.3 is 5.32 Å². The normalized spacial score (nSPS) is 10.4. The Morgan fingerprint density at radius 1 is 1.05 bits per heavy atom. The summed E-state index contributed by atoms with van der Waals surface area (Å²) in [6.07, 6.45) is 7.06. The van der Waals surface area contributed by atoms with Crippen LogP contribution in [0.15, 0.2) is 59.8 Å². The number of amides is 1. The molecule has 1 aromatic heterocycles. The summed E-state index contributed by atoms with van der Waals surface area (Å²) in [6.45, 7) is 0.752. The number of pyridine rings is 1. The molecule has 1 N–H and O–H groups in total. The molecular weight excluding hydrogens is 292 g/mol. The maximum Gasteiger partial charge on any atom is 0.220 e. The quantitative estimate of drug-likeness (QED) is 0.567. The number of nitrogens with one attached hydrogen (secondary N) is 1. The third kappa shape index (κ3) is 6.76. The van der Waals surface area contributed by atoms with Gasteiger partial charge in [0.1, 0.15) is 0 Å². The SMILES string of the molecule is O=C(CCCc1ccccc1)NCCCSc1ccncc1. The highest BCUT2D eigenvalue weighted by molar-refractivity contribution is 7.99. The van der Waals surface area contributed by atoms with Crippen LogP contribution in [-0.4, -0.2) is 23.2 Å². The molecule has 0 aliphatic rings. The number of carbonyl (C=O) groups excluding carboxylic acids is 1. The van der Waals surface area contributed by atoms with Crippen LogP contribution < -0.4 is 5.32 Å². The van der Waals surface area contributed by atoms with Crippen LogP contribution >= 0.6 is 11.8 Å². The van der Waals surface area contributed by atoms with Crippen molar-refractivity contribution in [2.45, 2.75) is 30.6 Å². The van der Waals surface area contributed by atoms with E-state index in [9.17, 15) is 4.79 Å². The zero-order valence-electron chi connectivity index (χ0n) is 12.7. The molecule has 116 valence electrons. The molecule has 0 fully saturated rings. The molecule has 1 heterocycles. The Hall–Kier alpha value is -1.81. The standard InChI is InChI=1S/C18H22N2OS/c21-18(9-4-8-16-6-2-1-3-7-16)20-12-5-15-22-17-10-13-19-14-11-17/h1-3,6-7,10-11,13-14H,4-5,8-9,12,15H2,(H,20,21). The Bertz CT molecular complexity index is 546. The largest absolute Gasteiger partial charge is 0.356 e. The molecule has 0 radical (unpaired) electrons. The number of hydrogen-bond donors (Lipinski definition) is 1. The molecule has 1 amide bonds. The first-order chi connectivity index (χ1) is 10.8. The number of aryl methyl sites for hydroxylation is 1. The van der Waals surface area contributed by atoms with Crippen LogP contribution in [-0.2, 0) is 11.2 Å². The second-order valence-electron chi connectivity index (χ2n) is 5.07.